The van der Waals surface area contributed by atoms with Crippen LogP contribution in [0.1, 0.15) is 44.2 Å². The number of piperidine rings is 1. The van der Waals surface area contributed by atoms with E-state index < -0.39 is 0 Å². The summed E-state index contributed by atoms with van der Waals surface area (Å²) in [5.41, 5.74) is 1.34. The van der Waals surface area contributed by atoms with E-state index in [4.69, 9.17) is 4.74 Å². The maximum atomic E-state index is 5.25. The van der Waals surface area contributed by atoms with Crippen LogP contribution < -0.4 is 10.1 Å². The number of aromatic nitrogens is 2. The highest BCUT2D eigenvalue weighted by atomic mass is 127. The molecule has 0 amide bonds. The number of aliphatic imine (C=N–C) groups is 1. The predicted molar refractivity (Wildman–Crippen MR) is 129 cm³/mol. The molecule has 0 bridgehead atoms. The summed E-state index contributed by atoms with van der Waals surface area (Å²) in [7, 11) is 3.58. The van der Waals surface area contributed by atoms with E-state index in [0.29, 0.717) is 17.9 Å². The van der Waals surface area contributed by atoms with Crippen molar-refractivity contribution in [1.29, 1.82) is 0 Å². The Morgan fingerprint density at radius 2 is 2.10 bits per heavy atom. The SMILES string of the molecule is CN=C(NCCC(C)c1ccc(OC)cc1)N1CCC(C)C(n2ccnc2)C1.I. The first-order chi connectivity index (χ1) is 13.6. The first-order valence-electron chi connectivity index (χ1n) is 10.2. The van der Waals surface area contributed by atoms with Crippen LogP contribution in [0.3, 0.4) is 0 Å². The van der Waals surface area contributed by atoms with E-state index in [1.165, 1.54) is 5.56 Å². The number of hydrogen-bond donors (Lipinski definition) is 1. The van der Waals surface area contributed by atoms with Crippen LogP contribution in [0.25, 0.3) is 0 Å². The van der Waals surface area contributed by atoms with Crippen molar-refractivity contribution >= 4 is 29.9 Å². The van der Waals surface area contributed by atoms with E-state index in [1.54, 1.807) is 7.11 Å². The molecule has 1 fully saturated rings. The van der Waals surface area contributed by atoms with Gasteiger partial charge in [0.15, 0.2) is 5.96 Å². The van der Waals surface area contributed by atoms with Gasteiger partial charge >= 0.3 is 0 Å². The molecule has 3 atom stereocenters. The number of nitrogens with zero attached hydrogens (tertiary/aromatic N) is 4. The van der Waals surface area contributed by atoms with Gasteiger partial charge < -0.3 is 19.5 Å². The van der Waals surface area contributed by atoms with E-state index in [0.717, 1.165) is 44.2 Å². The molecule has 0 spiro atoms. The molecule has 3 rings (SSSR count). The Morgan fingerprint density at radius 1 is 1.34 bits per heavy atom. The summed E-state index contributed by atoms with van der Waals surface area (Å²) in [6.07, 6.45) is 8.07. The van der Waals surface area contributed by atoms with Crippen molar-refractivity contribution in [2.75, 3.05) is 33.8 Å². The molecule has 0 saturated carbocycles. The lowest BCUT2D eigenvalue weighted by molar-refractivity contribution is 0.189. The number of methoxy groups -OCH3 is 1. The Morgan fingerprint density at radius 3 is 2.72 bits per heavy atom. The third-order valence-electron chi connectivity index (χ3n) is 5.88. The van der Waals surface area contributed by atoms with Crippen LogP contribution in [0.5, 0.6) is 5.75 Å². The second kappa shape index (κ2) is 11.4. The van der Waals surface area contributed by atoms with Crippen molar-refractivity contribution < 1.29 is 4.74 Å². The summed E-state index contributed by atoms with van der Waals surface area (Å²) in [4.78, 5) is 11.1. The molecule has 2 aromatic rings. The number of imidazole rings is 1. The highest BCUT2D eigenvalue weighted by Crippen LogP contribution is 2.27. The first-order valence-corrected chi connectivity index (χ1v) is 10.2. The molecule has 3 unspecified atom stereocenters. The fourth-order valence-corrected chi connectivity index (χ4v) is 3.93. The van der Waals surface area contributed by atoms with Gasteiger partial charge in [-0.15, -0.1) is 24.0 Å². The van der Waals surface area contributed by atoms with Crippen molar-refractivity contribution in [3.63, 3.8) is 0 Å². The van der Waals surface area contributed by atoms with Crippen LogP contribution in [-0.4, -0.2) is 54.2 Å². The second-order valence-corrected chi connectivity index (χ2v) is 7.73. The van der Waals surface area contributed by atoms with Crippen molar-refractivity contribution in [2.24, 2.45) is 10.9 Å². The van der Waals surface area contributed by atoms with Crippen LogP contribution in [0.2, 0.25) is 0 Å². The third kappa shape index (κ3) is 6.10. The third-order valence-corrected chi connectivity index (χ3v) is 5.88. The number of nitrogens with one attached hydrogen (secondary N) is 1. The molecule has 6 nitrogen and oxygen atoms in total. The predicted octanol–water partition coefficient (Wildman–Crippen LogP) is 4.16. The van der Waals surface area contributed by atoms with E-state index in [2.05, 4.69) is 56.9 Å². The molecular weight excluding hydrogens is 477 g/mol. The van der Waals surface area contributed by atoms with E-state index in [-0.39, 0.29) is 24.0 Å². The Hall–Kier alpha value is -1.77. The van der Waals surface area contributed by atoms with Crippen LogP contribution in [0.4, 0.5) is 0 Å². The van der Waals surface area contributed by atoms with Gasteiger partial charge in [-0.1, -0.05) is 26.0 Å². The van der Waals surface area contributed by atoms with Gasteiger partial charge in [0.05, 0.1) is 19.5 Å². The number of guanidine groups is 1. The molecule has 2 heterocycles. The van der Waals surface area contributed by atoms with E-state index in [9.17, 15) is 0 Å². The molecule has 1 saturated heterocycles. The lowest BCUT2D eigenvalue weighted by Crippen LogP contribution is -2.49. The standard InChI is InChI=1S/C22H33N5O.HI/c1-17(19-5-7-20(28-4)8-6-19)9-11-25-22(23-3)26-13-10-18(2)21(15-26)27-14-12-24-16-27;/h5-8,12,14,16-18,21H,9-11,13,15H2,1-4H3,(H,23,25);1H. The summed E-state index contributed by atoms with van der Waals surface area (Å²) in [5, 5.41) is 3.57. The zero-order valence-corrected chi connectivity index (χ0v) is 20.2. The van der Waals surface area contributed by atoms with Crippen molar-refractivity contribution in [3.05, 3.63) is 48.5 Å². The quantitative estimate of drug-likeness (QED) is 0.360. The lowest BCUT2D eigenvalue weighted by atomic mass is 9.93. The van der Waals surface area contributed by atoms with Crippen molar-refractivity contribution in [2.45, 2.75) is 38.6 Å². The number of halogens is 1. The maximum absolute atomic E-state index is 5.25. The number of hydrogen-bond acceptors (Lipinski definition) is 3. The Labute approximate surface area is 191 Å². The molecular formula is C22H34IN5O. The van der Waals surface area contributed by atoms with Crippen LogP contribution >= 0.6 is 24.0 Å². The summed E-state index contributed by atoms with van der Waals surface area (Å²) < 4.78 is 7.48. The number of benzene rings is 1. The van der Waals surface area contributed by atoms with E-state index in [1.807, 2.05) is 31.7 Å². The number of rotatable bonds is 6. The van der Waals surface area contributed by atoms with Gasteiger partial charge in [-0.3, -0.25) is 4.99 Å². The molecule has 0 radical (unpaired) electrons. The van der Waals surface area contributed by atoms with E-state index >= 15 is 0 Å². The van der Waals surface area contributed by atoms with Gasteiger partial charge in [-0.2, -0.15) is 0 Å². The molecule has 7 heteroatoms. The zero-order chi connectivity index (χ0) is 19.9. The number of likely N-dealkylation sites (tertiary alicyclic amines) is 1. The second-order valence-electron chi connectivity index (χ2n) is 7.73. The average Bonchev–Trinajstić information content (AvgIpc) is 3.26. The minimum atomic E-state index is 0. The summed E-state index contributed by atoms with van der Waals surface area (Å²) in [5.74, 6) is 3.02. The van der Waals surface area contributed by atoms with Crippen LogP contribution in [-0.2, 0) is 0 Å². The van der Waals surface area contributed by atoms with Crippen LogP contribution in [0, 0.1) is 5.92 Å². The Bertz CT molecular complexity index is 747. The van der Waals surface area contributed by atoms with Gasteiger partial charge in [0.25, 0.3) is 0 Å². The summed E-state index contributed by atoms with van der Waals surface area (Å²) >= 11 is 0. The zero-order valence-electron chi connectivity index (χ0n) is 17.9. The normalized spacial score (nSPS) is 20.7. The van der Waals surface area contributed by atoms with Gasteiger partial charge in [-0.05, 0) is 42.4 Å². The number of ether oxygens (including phenoxy) is 1. The molecule has 1 aliphatic heterocycles. The van der Waals surface area contributed by atoms with Crippen LogP contribution in [0.15, 0.2) is 48.0 Å². The highest BCUT2D eigenvalue weighted by molar-refractivity contribution is 14.0. The van der Waals surface area contributed by atoms with Gasteiger partial charge in [0.1, 0.15) is 5.75 Å². The minimum absolute atomic E-state index is 0. The fraction of sp³-hybridized carbons (Fsp3) is 0.545. The molecule has 0 aliphatic carbocycles. The maximum Gasteiger partial charge on any atom is 0.193 e. The molecule has 160 valence electrons. The monoisotopic (exact) mass is 511 g/mol. The molecule has 29 heavy (non-hydrogen) atoms. The highest BCUT2D eigenvalue weighted by Gasteiger charge is 2.28. The molecule has 1 aliphatic rings. The summed E-state index contributed by atoms with van der Waals surface area (Å²) in [6.45, 7) is 7.51. The minimum Gasteiger partial charge on any atom is -0.497 e. The fourth-order valence-electron chi connectivity index (χ4n) is 3.93. The Balaban J connectivity index is 0.00000300. The molecule has 1 aromatic carbocycles. The lowest BCUT2D eigenvalue weighted by Gasteiger charge is -2.39. The molecule has 1 aromatic heterocycles. The smallest absolute Gasteiger partial charge is 0.193 e. The van der Waals surface area contributed by atoms with Crippen molar-refractivity contribution in [3.8, 4) is 5.75 Å². The average molecular weight is 511 g/mol. The Kier molecular flexibility index (Phi) is 9.26. The van der Waals surface area contributed by atoms with Gasteiger partial charge in [0.2, 0.25) is 0 Å². The first kappa shape index (κ1) is 23.5. The topological polar surface area (TPSA) is 54.7 Å². The van der Waals surface area contributed by atoms with Gasteiger partial charge in [-0.25, -0.2) is 4.98 Å². The largest absolute Gasteiger partial charge is 0.497 e. The van der Waals surface area contributed by atoms with Crippen molar-refractivity contribution in [1.82, 2.24) is 19.8 Å². The summed E-state index contributed by atoms with van der Waals surface area (Å²) in [6, 6.07) is 8.81. The van der Waals surface area contributed by atoms with Gasteiger partial charge in [0, 0.05) is 39.1 Å². The molecule has 1 N–H and O–H groups in total.